The van der Waals surface area contributed by atoms with Crippen LogP contribution in [0.15, 0.2) is 27.7 Å². The second-order valence-corrected chi connectivity index (χ2v) is 9.49. The number of halogens is 1. The van der Waals surface area contributed by atoms with Crippen molar-refractivity contribution in [3.05, 3.63) is 33.3 Å². The van der Waals surface area contributed by atoms with Gasteiger partial charge in [-0.2, -0.15) is 0 Å². The maximum atomic E-state index is 12.8. The highest BCUT2D eigenvalue weighted by Gasteiger charge is 2.24. The van der Waals surface area contributed by atoms with Crippen LogP contribution < -0.4 is 10.3 Å². The van der Waals surface area contributed by atoms with Gasteiger partial charge in [-0.05, 0) is 53.7 Å². The molecule has 0 amide bonds. The summed E-state index contributed by atoms with van der Waals surface area (Å²) < 4.78 is 17.6. The Balaban J connectivity index is 2.25. The minimum absolute atomic E-state index is 0.246. The molecular formula is C20H25BrN2O6. The Morgan fingerprint density at radius 1 is 1.03 bits per heavy atom. The molecule has 0 aliphatic heterocycles. The molecular weight excluding hydrogens is 444 g/mol. The summed E-state index contributed by atoms with van der Waals surface area (Å²) >= 11 is 3.33. The molecule has 158 valence electrons. The van der Waals surface area contributed by atoms with Crippen LogP contribution in [-0.2, 0) is 25.8 Å². The Hall–Kier alpha value is -2.42. The lowest BCUT2D eigenvalue weighted by Crippen LogP contribution is -2.28. The summed E-state index contributed by atoms with van der Waals surface area (Å²) in [6.45, 7) is 9.83. The maximum Gasteiger partial charge on any atom is 0.314 e. The molecule has 0 saturated heterocycles. The number of ether oxygens (including phenoxy) is 3. The lowest BCUT2D eigenvalue weighted by Gasteiger charge is -2.18. The van der Waals surface area contributed by atoms with Gasteiger partial charge >= 0.3 is 11.9 Å². The van der Waals surface area contributed by atoms with Crippen LogP contribution in [0, 0.1) is 10.8 Å². The molecule has 29 heavy (non-hydrogen) atoms. The minimum atomic E-state index is -0.678. The summed E-state index contributed by atoms with van der Waals surface area (Å²) in [7, 11) is 0. The Kier molecular flexibility index (Phi) is 6.72. The normalized spacial score (nSPS) is 12.0. The monoisotopic (exact) mass is 468 g/mol. The van der Waals surface area contributed by atoms with E-state index in [0.717, 1.165) is 0 Å². The highest BCUT2D eigenvalue weighted by Crippen LogP contribution is 2.27. The molecule has 1 heterocycles. The van der Waals surface area contributed by atoms with E-state index < -0.39 is 28.3 Å². The Bertz CT molecular complexity index is 985. The van der Waals surface area contributed by atoms with E-state index in [-0.39, 0.29) is 24.7 Å². The van der Waals surface area contributed by atoms with Crippen LogP contribution in [0.4, 0.5) is 0 Å². The van der Waals surface area contributed by atoms with E-state index in [2.05, 4.69) is 20.9 Å². The highest BCUT2D eigenvalue weighted by molar-refractivity contribution is 9.10. The molecule has 0 unspecified atom stereocenters. The number of carbonyl (C=O) groups is 2. The van der Waals surface area contributed by atoms with Gasteiger partial charge in [-0.15, -0.1) is 0 Å². The average molecular weight is 469 g/mol. The second-order valence-electron chi connectivity index (χ2n) is 8.57. The Morgan fingerprint density at radius 3 is 2.21 bits per heavy atom. The van der Waals surface area contributed by atoms with E-state index in [1.807, 2.05) is 0 Å². The van der Waals surface area contributed by atoms with Crippen LogP contribution in [-0.4, -0.2) is 28.3 Å². The Morgan fingerprint density at radius 2 is 1.62 bits per heavy atom. The second kappa shape index (κ2) is 8.52. The first-order valence-electron chi connectivity index (χ1n) is 8.96. The SMILES string of the molecule is CC(C)(C)C(=O)OCOc1cc(Br)cc2c(=O)n(COC(=O)C(C)(C)C)cnc12. The number of rotatable bonds is 5. The van der Waals surface area contributed by atoms with Crippen molar-refractivity contribution in [2.75, 3.05) is 6.79 Å². The van der Waals surface area contributed by atoms with E-state index in [0.29, 0.717) is 9.99 Å². The fourth-order valence-corrected chi connectivity index (χ4v) is 2.55. The quantitative estimate of drug-likeness (QED) is 0.487. The molecule has 2 rings (SSSR count). The number of benzene rings is 1. The molecule has 0 radical (unpaired) electrons. The summed E-state index contributed by atoms with van der Waals surface area (Å²) in [6.07, 6.45) is 1.28. The van der Waals surface area contributed by atoms with Crippen molar-refractivity contribution in [1.82, 2.24) is 9.55 Å². The van der Waals surface area contributed by atoms with E-state index in [1.54, 1.807) is 53.7 Å². The van der Waals surface area contributed by atoms with E-state index in [1.165, 1.54) is 10.9 Å². The zero-order valence-electron chi connectivity index (χ0n) is 17.4. The van der Waals surface area contributed by atoms with Gasteiger partial charge in [0, 0.05) is 4.47 Å². The zero-order chi connectivity index (χ0) is 22.0. The molecule has 2 aromatic rings. The van der Waals surface area contributed by atoms with Crippen molar-refractivity contribution in [2.24, 2.45) is 10.8 Å². The lowest BCUT2D eigenvalue weighted by atomic mass is 9.97. The Labute approximate surface area is 177 Å². The minimum Gasteiger partial charge on any atom is -0.455 e. The van der Waals surface area contributed by atoms with Crippen molar-refractivity contribution >= 4 is 38.8 Å². The van der Waals surface area contributed by atoms with Gasteiger partial charge < -0.3 is 14.2 Å². The average Bonchev–Trinajstić information content (AvgIpc) is 2.59. The van der Waals surface area contributed by atoms with Gasteiger partial charge in [-0.1, -0.05) is 15.9 Å². The molecule has 0 aliphatic rings. The van der Waals surface area contributed by atoms with Crippen LogP contribution in [0.2, 0.25) is 0 Å². The third kappa shape index (κ3) is 5.79. The molecule has 0 atom stereocenters. The number of carbonyl (C=O) groups excluding carboxylic acids is 2. The summed E-state index contributed by atoms with van der Waals surface area (Å²) in [5.74, 6) is -0.553. The van der Waals surface area contributed by atoms with Crippen molar-refractivity contribution in [2.45, 2.75) is 48.3 Å². The number of aromatic nitrogens is 2. The molecule has 0 bridgehead atoms. The molecule has 0 N–H and O–H groups in total. The number of hydrogen-bond acceptors (Lipinski definition) is 7. The first kappa shape index (κ1) is 22.9. The van der Waals surface area contributed by atoms with Crippen LogP contribution in [0.1, 0.15) is 41.5 Å². The van der Waals surface area contributed by atoms with E-state index in [4.69, 9.17) is 14.2 Å². The molecule has 1 aromatic heterocycles. The summed E-state index contributed by atoms with van der Waals surface area (Å²) in [6, 6.07) is 3.23. The fourth-order valence-electron chi connectivity index (χ4n) is 2.11. The van der Waals surface area contributed by atoms with E-state index in [9.17, 15) is 14.4 Å². The van der Waals surface area contributed by atoms with Gasteiger partial charge in [0.15, 0.2) is 12.5 Å². The van der Waals surface area contributed by atoms with Gasteiger partial charge in [0.1, 0.15) is 11.8 Å². The van der Waals surface area contributed by atoms with Crippen LogP contribution in [0.3, 0.4) is 0 Å². The molecule has 0 fully saturated rings. The molecule has 0 spiro atoms. The molecule has 8 nitrogen and oxygen atoms in total. The largest absolute Gasteiger partial charge is 0.455 e. The van der Waals surface area contributed by atoms with Crippen LogP contribution >= 0.6 is 15.9 Å². The van der Waals surface area contributed by atoms with Gasteiger partial charge in [0.05, 0.1) is 16.2 Å². The predicted molar refractivity (Wildman–Crippen MR) is 110 cm³/mol. The fraction of sp³-hybridized carbons (Fsp3) is 0.500. The van der Waals surface area contributed by atoms with Gasteiger partial charge in [-0.25, -0.2) is 4.98 Å². The lowest BCUT2D eigenvalue weighted by molar-refractivity contribution is -0.159. The predicted octanol–water partition coefficient (Wildman–Crippen LogP) is 3.63. The molecule has 0 saturated carbocycles. The number of esters is 2. The van der Waals surface area contributed by atoms with Gasteiger partial charge in [-0.3, -0.25) is 19.0 Å². The van der Waals surface area contributed by atoms with Crippen LogP contribution in [0.25, 0.3) is 10.9 Å². The van der Waals surface area contributed by atoms with Gasteiger partial charge in [0.25, 0.3) is 5.56 Å². The van der Waals surface area contributed by atoms with Crippen molar-refractivity contribution < 1.29 is 23.8 Å². The van der Waals surface area contributed by atoms with Gasteiger partial charge in [0.2, 0.25) is 6.79 Å². The standard InChI is InChI=1S/C20H25BrN2O6/c1-19(2,3)17(25)27-10-23-9-22-15-13(16(23)24)7-12(21)8-14(15)28-11-29-18(26)20(4,5)6/h7-9H,10-11H2,1-6H3. The number of nitrogens with zero attached hydrogens (tertiary/aromatic N) is 2. The maximum absolute atomic E-state index is 12.8. The van der Waals surface area contributed by atoms with E-state index >= 15 is 0 Å². The van der Waals surface area contributed by atoms with Crippen molar-refractivity contribution in [1.29, 1.82) is 0 Å². The smallest absolute Gasteiger partial charge is 0.314 e. The van der Waals surface area contributed by atoms with Crippen molar-refractivity contribution in [3.63, 3.8) is 0 Å². The van der Waals surface area contributed by atoms with Crippen molar-refractivity contribution in [3.8, 4) is 5.75 Å². The third-order valence-corrected chi connectivity index (χ3v) is 4.28. The topological polar surface area (TPSA) is 96.7 Å². The molecule has 9 heteroatoms. The summed E-state index contributed by atoms with van der Waals surface area (Å²) in [5.41, 5.74) is -1.42. The first-order valence-corrected chi connectivity index (χ1v) is 9.76. The zero-order valence-corrected chi connectivity index (χ0v) is 19.0. The highest BCUT2D eigenvalue weighted by atomic mass is 79.9. The molecule has 1 aromatic carbocycles. The van der Waals surface area contributed by atoms with Crippen LogP contribution in [0.5, 0.6) is 5.75 Å². The first-order chi connectivity index (χ1) is 13.3. The summed E-state index contributed by atoms with van der Waals surface area (Å²) in [5, 5.41) is 0.269. The summed E-state index contributed by atoms with van der Waals surface area (Å²) in [4.78, 5) is 40.8. The number of hydrogen-bond donors (Lipinski definition) is 0. The number of fused-ring (bicyclic) bond motifs is 1. The molecule has 0 aliphatic carbocycles. The third-order valence-electron chi connectivity index (χ3n) is 3.82.